The minimum absolute atomic E-state index is 0.0862. The van der Waals surface area contributed by atoms with Crippen LogP contribution in [0.4, 0.5) is 0 Å². The number of benzene rings is 2. The van der Waals surface area contributed by atoms with Gasteiger partial charge in [0.05, 0.1) is 5.52 Å². The fourth-order valence-corrected chi connectivity index (χ4v) is 7.52. The normalized spacial score (nSPS) is 25.8. The lowest BCUT2D eigenvalue weighted by atomic mass is 9.90. The molecule has 1 aromatic heterocycles. The molecule has 4 unspecified atom stereocenters. The van der Waals surface area contributed by atoms with Crippen LogP contribution in [-0.2, 0) is 0 Å². The van der Waals surface area contributed by atoms with Crippen molar-refractivity contribution in [2.45, 2.75) is 43.4 Å². The predicted octanol–water partition coefficient (Wildman–Crippen LogP) is 7.19. The second kappa shape index (κ2) is 10.5. The maximum absolute atomic E-state index is 5.94. The summed E-state index contributed by atoms with van der Waals surface area (Å²) in [6.45, 7) is 2.23. The summed E-state index contributed by atoms with van der Waals surface area (Å²) in [5, 5.41) is 9.07. The van der Waals surface area contributed by atoms with Gasteiger partial charge in [0.15, 0.2) is 6.29 Å². The summed E-state index contributed by atoms with van der Waals surface area (Å²) in [6, 6.07) is 19.3. The van der Waals surface area contributed by atoms with E-state index in [0.717, 1.165) is 24.3 Å². The number of allylic oxidation sites excluding steroid dienone is 7. The highest BCUT2D eigenvalue weighted by molar-refractivity contribution is 8.04. The molecular weight excluding hydrogens is 510 g/mol. The molecule has 3 heterocycles. The van der Waals surface area contributed by atoms with Crippen LogP contribution in [0.5, 0.6) is 0 Å². The van der Waals surface area contributed by atoms with Gasteiger partial charge >= 0.3 is 0 Å². The van der Waals surface area contributed by atoms with E-state index in [-0.39, 0.29) is 23.6 Å². The Kier molecular flexibility index (Phi) is 6.58. The van der Waals surface area contributed by atoms with E-state index < -0.39 is 0 Å². The zero-order valence-corrected chi connectivity index (χ0v) is 23.3. The predicted molar refractivity (Wildman–Crippen MR) is 169 cm³/mol. The van der Waals surface area contributed by atoms with Gasteiger partial charge in [-0.2, -0.15) is 0 Å². The van der Waals surface area contributed by atoms with Crippen LogP contribution in [0.25, 0.3) is 16.5 Å². The van der Waals surface area contributed by atoms with Crippen molar-refractivity contribution in [3.63, 3.8) is 0 Å². The molecule has 0 saturated carbocycles. The minimum Gasteiger partial charge on any atom is -0.405 e. The van der Waals surface area contributed by atoms with Crippen molar-refractivity contribution in [1.82, 2.24) is 15.2 Å². The standard InChI is InChI=1S/C34H33N5S/c1-22-28(20-21-35)40-29-19-11-9-17-26(29)31-30(22)25-16-8-10-18-27(25)39(31)34-37-32(23-12-4-2-5-13-23)36-33(38-34)24-14-6-3-7-15-24/h2,4-6,8-21,26,29,32,34,37H,3,7,35H2,1H3,(H,36,38)/b21-20-. The van der Waals surface area contributed by atoms with Crippen molar-refractivity contribution < 1.29 is 0 Å². The van der Waals surface area contributed by atoms with E-state index in [2.05, 4.69) is 125 Å². The van der Waals surface area contributed by atoms with Crippen molar-refractivity contribution in [1.29, 1.82) is 0 Å². The Bertz CT molecular complexity index is 1670. The first-order valence-electron chi connectivity index (χ1n) is 14.0. The quantitative estimate of drug-likeness (QED) is 0.326. The van der Waals surface area contributed by atoms with E-state index in [1.54, 1.807) is 6.20 Å². The van der Waals surface area contributed by atoms with Gasteiger partial charge in [0, 0.05) is 38.3 Å². The molecule has 2 aliphatic heterocycles. The number of aliphatic imine (C=N–C) groups is 1. The summed E-state index contributed by atoms with van der Waals surface area (Å²) in [5.41, 5.74) is 13.3. The molecule has 40 heavy (non-hydrogen) atoms. The summed E-state index contributed by atoms with van der Waals surface area (Å²) in [7, 11) is 0. The molecule has 7 rings (SSSR count). The van der Waals surface area contributed by atoms with Crippen LogP contribution in [0, 0.1) is 0 Å². The van der Waals surface area contributed by atoms with Crippen molar-refractivity contribution in [2.24, 2.45) is 10.7 Å². The van der Waals surface area contributed by atoms with E-state index >= 15 is 0 Å². The van der Waals surface area contributed by atoms with Gasteiger partial charge in [-0.05, 0) is 49.2 Å². The van der Waals surface area contributed by atoms with E-state index in [0.29, 0.717) is 0 Å². The monoisotopic (exact) mass is 543 g/mol. The smallest absolute Gasteiger partial charge is 0.184 e. The Hall–Kier alpha value is -4.00. The van der Waals surface area contributed by atoms with Gasteiger partial charge < -0.3 is 15.6 Å². The topological polar surface area (TPSA) is 67.4 Å². The molecule has 0 spiro atoms. The first-order chi connectivity index (χ1) is 19.7. The maximum Gasteiger partial charge on any atom is 0.184 e. The third-order valence-corrected chi connectivity index (χ3v) is 9.52. The SMILES string of the molecule is CC1=C(/C=C\N)SC2C=CC=CC2c2c1c1ccccc1n2C1N=C(C2=CCCC=C2)NC(c2ccccc2)N1. The number of nitrogens with one attached hydrogen (secondary N) is 2. The van der Waals surface area contributed by atoms with E-state index in [9.17, 15) is 0 Å². The van der Waals surface area contributed by atoms with Gasteiger partial charge in [-0.15, -0.1) is 11.8 Å². The molecule has 0 amide bonds. The van der Waals surface area contributed by atoms with Crippen LogP contribution >= 0.6 is 11.8 Å². The Morgan fingerprint density at radius 3 is 2.67 bits per heavy atom. The third kappa shape index (κ3) is 4.28. The molecule has 0 fully saturated rings. The second-order valence-electron chi connectivity index (χ2n) is 10.5. The molecule has 2 aromatic carbocycles. The Morgan fingerprint density at radius 2 is 1.85 bits per heavy atom. The van der Waals surface area contributed by atoms with Gasteiger partial charge in [-0.3, -0.25) is 5.32 Å². The first-order valence-corrected chi connectivity index (χ1v) is 14.9. The molecule has 0 bridgehead atoms. The molecule has 4 N–H and O–H groups in total. The van der Waals surface area contributed by atoms with Crippen LogP contribution in [0.2, 0.25) is 0 Å². The Balaban J connectivity index is 1.48. The Morgan fingerprint density at radius 1 is 1.02 bits per heavy atom. The molecule has 200 valence electrons. The van der Waals surface area contributed by atoms with Crippen molar-refractivity contribution in [3.8, 4) is 0 Å². The average Bonchev–Trinajstić information content (AvgIpc) is 3.31. The number of para-hydroxylation sites is 1. The zero-order chi connectivity index (χ0) is 27.1. The van der Waals surface area contributed by atoms with Crippen LogP contribution in [0.1, 0.15) is 55.0 Å². The summed E-state index contributed by atoms with van der Waals surface area (Å²) >= 11 is 1.89. The fourth-order valence-electron chi connectivity index (χ4n) is 6.25. The number of nitrogens with zero attached hydrogens (tertiary/aromatic N) is 2. The highest BCUT2D eigenvalue weighted by Gasteiger charge is 2.37. The lowest BCUT2D eigenvalue weighted by Gasteiger charge is -2.35. The number of fused-ring (bicyclic) bond motifs is 5. The second-order valence-corrected chi connectivity index (χ2v) is 11.7. The van der Waals surface area contributed by atoms with Crippen molar-refractivity contribution in [3.05, 3.63) is 137 Å². The number of thioether (sulfide) groups is 1. The number of aromatic nitrogens is 1. The lowest BCUT2D eigenvalue weighted by molar-refractivity contribution is 0.328. The highest BCUT2D eigenvalue weighted by Crippen LogP contribution is 2.50. The highest BCUT2D eigenvalue weighted by atomic mass is 32.2. The molecule has 5 nitrogen and oxygen atoms in total. The zero-order valence-electron chi connectivity index (χ0n) is 22.5. The van der Waals surface area contributed by atoms with Crippen LogP contribution in [0.3, 0.4) is 0 Å². The van der Waals surface area contributed by atoms with Gasteiger partial charge in [-0.25, -0.2) is 4.99 Å². The fraction of sp³-hybridized carbons (Fsp3) is 0.206. The Labute approximate surface area is 239 Å². The van der Waals surface area contributed by atoms with Gasteiger partial charge in [0.1, 0.15) is 12.0 Å². The number of amidine groups is 1. The third-order valence-electron chi connectivity index (χ3n) is 8.10. The van der Waals surface area contributed by atoms with Gasteiger partial charge in [0.2, 0.25) is 0 Å². The largest absolute Gasteiger partial charge is 0.405 e. The van der Waals surface area contributed by atoms with Crippen LogP contribution in [-0.4, -0.2) is 15.7 Å². The van der Waals surface area contributed by atoms with E-state index in [4.69, 9.17) is 10.7 Å². The van der Waals surface area contributed by atoms with Crippen molar-refractivity contribution in [2.75, 3.05) is 0 Å². The molecule has 6 heteroatoms. The minimum atomic E-state index is -0.296. The average molecular weight is 544 g/mol. The molecular formula is C34H33N5S. The summed E-state index contributed by atoms with van der Waals surface area (Å²) in [6.07, 6.45) is 21.2. The van der Waals surface area contributed by atoms with Crippen LogP contribution < -0.4 is 16.4 Å². The number of hydrogen-bond donors (Lipinski definition) is 3. The molecule has 4 atom stereocenters. The molecule has 4 aliphatic rings. The molecule has 0 saturated heterocycles. The summed E-state index contributed by atoms with van der Waals surface area (Å²) in [5.74, 6) is 1.12. The number of nitrogens with two attached hydrogens (primary N) is 1. The summed E-state index contributed by atoms with van der Waals surface area (Å²) < 4.78 is 2.45. The maximum atomic E-state index is 5.94. The number of hydrogen-bond acceptors (Lipinski definition) is 5. The van der Waals surface area contributed by atoms with Gasteiger partial charge in [0.25, 0.3) is 0 Å². The van der Waals surface area contributed by atoms with E-state index in [1.807, 2.05) is 11.8 Å². The van der Waals surface area contributed by atoms with Crippen LogP contribution in [0.15, 0.2) is 125 Å². The van der Waals surface area contributed by atoms with Crippen molar-refractivity contribution >= 4 is 34.1 Å². The summed E-state index contributed by atoms with van der Waals surface area (Å²) in [4.78, 5) is 6.58. The lowest BCUT2D eigenvalue weighted by Crippen LogP contribution is -2.47. The molecule has 2 aliphatic carbocycles. The van der Waals surface area contributed by atoms with E-state index in [1.165, 1.54) is 38.2 Å². The molecule has 0 radical (unpaired) electrons. The van der Waals surface area contributed by atoms with Gasteiger partial charge in [-0.1, -0.05) is 91.1 Å². The molecule has 3 aromatic rings. The first kappa shape index (κ1) is 25.0. The number of rotatable bonds is 4.